The first kappa shape index (κ1) is 20.1. The second kappa shape index (κ2) is 8.65. The number of carbonyl (C=O) groups is 2. The fourth-order valence-electron chi connectivity index (χ4n) is 4.51. The zero-order valence-electron chi connectivity index (χ0n) is 17.1. The highest BCUT2D eigenvalue weighted by atomic mass is 16.5. The molecule has 1 aromatic carbocycles. The summed E-state index contributed by atoms with van der Waals surface area (Å²) in [4.78, 5) is 25.9. The van der Waals surface area contributed by atoms with Gasteiger partial charge in [0.2, 0.25) is 0 Å². The van der Waals surface area contributed by atoms with Crippen molar-refractivity contribution in [3.63, 3.8) is 0 Å². The highest BCUT2D eigenvalue weighted by Gasteiger charge is 2.40. The third-order valence-corrected chi connectivity index (χ3v) is 6.02. The SMILES string of the molecule is COc1ccc(C(=O)N/C(=C\c2ccco2)C(=O)N[C@@H]2C[C@H]3CC[C@@H]2C3)cc1OC. The molecule has 2 aromatic rings. The van der Waals surface area contributed by atoms with E-state index in [9.17, 15) is 9.59 Å². The molecule has 2 aliphatic rings. The molecule has 1 aromatic heterocycles. The lowest BCUT2D eigenvalue weighted by Crippen LogP contribution is -2.42. The van der Waals surface area contributed by atoms with E-state index in [4.69, 9.17) is 13.9 Å². The van der Waals surface area contributed by atoms with Gasteiger partial charge in [-0.1, -0.05) is 6.42 Å². The Hall–Kier alpha value is -3.22. The van der Waals surface area contributed by atoms with Crippen LogP contribution in [-0.2, 0) is 4.79 Å². The molecule has 0 unspecified atom stereocenters. The van der Waals surface area contributed by atoms with Crippen molar-refractivity contribution in [2.24, 2.45) is 11.8 Å². The normalized spacial score (nSPS) is 22.6. The lowest BCUT2D eigenvalue weighted by atomic mass is 9.95. The number of nitrogens with one attached hydrogen (secondary N) is 2. The number of amides is 2. The first-order chi connectivity index (χ1) is 14.6. The van der Waals surface area contributed by atoms with Crippen LogP contribution < -0.4 is 20.1 Å². The van der Waals surface area contributed by atoms with Crippen LogP contribution in [-0.4, -0.2) is 32.1 Å². The second-order valence-electron chi connectivity index (χ2n) is 7.85. The fourth-order valence-corrected chi connectivity index (χ4v) is 4.51. The van der Waals surface area contributed by atoms with Gasteiger partial charge in [-0.05, 0) is 61.4 Å². The van der Waals surface area contributed by atoms with Crippen LogP contribution in [0.25, 0.3) is 6.08 Å². The van der Waals surface area contributed by atoms with Gasteiger partial charge in [-0.15, -0.1) is 0 Å². The molecule has 1 heterocycles. The number of methoxy groups -OCH3 is 2. The van der Waals surface area contributed by atoms with Gasteiger partial charge in [-0.3, -0.25) is 9.59 Å². The number of benzene rings is 1. The van der Waals surface area contributed by atoms with Crippen LogP contribution in [0.4, 0.5) is 0 Å². The van der Waals surface area contributed by atoms with Gasteiger partial charge in [0.05, 0.1) is 20.5 Å². The summed E-state index contributed by atoms with van der Waals surface area (Å²) in [5, 5.41) is 5.84. The fraction of sp³-hybridized carbons (Fsp3) is 0.391. The van der Waals surface area contributed by atoms with E-state index in [1.54, 1.807) is 36.4 Å². The molecule has 0 radical (unpaired) electrons. The summed E-state index contributed by atoms with van der Waals surface area (Å²) in [6.07, 6.45) is 7.66. The molecule has 7 heteroatoms. The van der Waals surface area contributed by atoms with Crippen LogP contribution in [0.1, 0.15) is 41.8 Å². The maximum absolute atomic E-state index is 13.0. The Morgan fingerprint density at radius 1 is 1.10 bits per heavy atom. The molecule has 2 fully saturated rings. The highest BCUT2D eigenvalue weighted by molar-refractivity contribution is 6.05. The van der Waals surface area contributed by atoms with Crippen molar-refractivity contribution in [1.82, 2.24) is 10.6 Å². The van der Waals surface area contributed by atoms with Crippen molar-refractivity contribution >= 4 is 17.9 Å². The Bertz CT molecular complexity index is 951. The molecule has 0 saturated heterocycles. The van der Waals surface area contributed by atoms with Gasteiger partial charge in [0.1, 0.15) is 11.5 Å². The Morgan fingerprint density at radius 2 is 1.93 bits per heavy atom. The molecule has 0 aliphatic heterocycles. The van der Waals surface area contributed by atoms with Crippen molar-refractivity contribution < 1.29 is 23.5 Å². The summed E-state index contributed by atoms with van der Waals surface area (Å²) < 4.78 is 15.8. The van der Waals surface area contributed by atoms with Crippen molar-refractivity contribution in [1.29, 1.82) is 0 Å². The maximum atomic E-state index is 13.0. The molecule has 4 rings (SSSR count). The molecule has 2 N–H and O–H groups in total. The van der Waals surface area contributed by atoms with E-state index in [1.807, 2.05) is 0 Å². The molecule has 2 saturated carbocycles. The van der Waals surface area contributed by atoms with Gasteiger partial charge in [0.15, 0.2) is 11.5 Å². The van der Waals surface area contributed by atoms with Gasteiger partial charge in [0, 0.05) is 17.7 Å². The zero-order valence-corrected chi connectivity index (χ0v) is 17.1. The minimum Gasteiger partial charge on any atom is -0.493 e. The van der Waals surface area contributed by atoms with Crippen LogP contribution in [0.3, 0.4) is 0 Å². The molecular formula is C23H26N2O5. The number of hydrogen-bond donors (Lipinski definition) is 2. The largest absolute Gasteiger partial charge is 0.493 e. The highest BCUT2D eigenvalue weighted by Crippen LogP contribution is 2.44. The summed E-state index contributed by atoms with van der Waals surface area (Å²) in [6.45, 7) is 0. The Labute approximate surface area is 175 Å². The molecule has 2 aliphatic carbocycles. The zero-order chi connectivity index (χ0) is 21.1. The molecule has 2 amide bonds. The van der Waals surface area contributed by atoms with E-state index in [0.717, 1.165) is 12.8 Å². The molecule has 30 heavy (non-hydrogen) atoms. The standard InChI is InChI=1S/C23H26N2O5/c1-28-20-8-7-16(12-21(20)29-2)22(26)25-19(13-17-4-3-9-30-17)23(27)24-18-11-14-5-6-15(18)10-14/h3-4,7-9,12-15,18H,5-6,10-11H2,1-2H3,(H,24,27)(H,25,26)/b19-13-/t14-,15+,18+/m0/s1. The predicted molar refractivity (Wildman–Crippen MR) is 111 cm³/mol. The number of rotatable bonds is 7. The van der Waals surface area contributed by atoms with Crippen LogP contribution in [0.2, 0.25) is 0 Å². The number of carbonyl (C=O) groups excluding carboxylic acids is 2. The first-order valence-corrected chi connectivity index (χ1v) is 10.2. The van der Waals surface area contributed by atoms with Gasteiger partial charge in [-0.2, -0.15) is 0 Å². The molecule has 7 nitrogen and oxygen atoms in total. The molecule has 3 atom stereocenters. The third kappa shape index (κ3) is 4.20. The topological polar surface area (TPSA) is 89.8 Å². The van der Waals surface area contributed by atoms with Crippen LogP contribution in [0.15, 0.2) is 46.7 Å². The summed E-state index contributed by atoms with van der Waals surface area (Å²) in [5.41, 5.74) is 0.498. The summed E-state index contributed by atoms with van der Waals surface area (Å²) in [5.74, 6) is 1.96. The van der Waals surface area contributed by atoms with E-state index in [1.165, 1.54) is 33.3 Å². The lowest BCUT2D eigenvalue weighted by molar-refractivity contribution is -0.118. The van der Waals surface area contributed by atoms with Crippen LogP contribution in [0.5, 0.6) is 11.5 Å². The van der Waals surface area contributed by atoms with Crippen LogP contribution >= 0.6 is 0 Å². The monoisotopic (exact) mass is 410 g/mol. The quantitative estimate of drug-likeness (QED) is 0.683. The average Bonchev–Trinajstić information content (AvgIpc) is 3.51. The molecule has 0 spiro atoms. The second-order valence-corrected chi connectivity index (χ2v) is 7.85. The molecule has 158 valence electrons. The number of furan rings is 1. The lowest BCUT2D eigenvalue weighted by Gasteiger charge is -2.23. The Balaban J connectivity index is 1.53. The van der Waals surface area contributed by atoms with Crippen molar-refractivity contribution in [2.45, 2.75) is 31.7 Å². The van der Waals surface area contributed by atoms with Crippen molar-refractivity contribution in [2.75, 3.05) is 14.2 Å². The molecule has 2 bridgehead atoms. The van der Waals surface area contributed by atoms with Crippen LogP contribution in [0, 0.1) is 11.8 Å². The van der Waals surface area contributed by atoms with Gasteiger partial charge in [-0.25, -0.2) is 0 Å². The van der Waals surface area contributed by atoms with Crippen molar-refractivity contribution in [3.8, 4) is 11.5 Å². The van der Waals surface area contributed by atoms with E-state index in [-0.39, 0.29) is 17.6 Å². The minimum atomic E-state index is -0.420. The minimum absolute atomic E-state index is 0.146. The number of fused-ring (bicyclic) bond motifs is 2. The number of hydrogen-bond acceptors (Lipinski definition) is 5. The smallest absolute Gasteiger partial charge is 0.268 e. The summed E-state index contributed by atoms with van der Waals surface area (Å²) in [6, 6.07) is 8.47. The van der Waals surface area contributed by atoms with Gasteiger partial charge in [0.25, 0.3) is 11.8 Å². The van der Waals surface area contributed by atoms with Gasteiger partial charge >= 0.3 is 0 Å². The predicted octanol–water partition coefficient (Wildman–Crippen LogP) is 3.37. The van der Waals surface area contributed by atoms with E-state index in [2.05, 4.69) is 10.6 Å². The van der Waals surface area contributed by atoms with E-state index < -0.39 is 5.91 Å². The number of ether oxygens (including phenoxy) is 2. The summed E-state index contributed by atoms with van der Waals surface area (Å²) in [7, 11) is 3.03. The van der Waals surface area contributed by atoms with E-state index >= 15 is 0 Å². The van der Waals surface area contributed by atoms with Gasteiger partial charge < -0.3 is 24.5 Å². The van der Waals surface area contributed by atoms with Crippen molar-refractivity contribution in [3.05, 3.63) is 53.6 Å². The Morgan fingerprint density at radius 3 is 2.57 bits per heavy atom. The average molecular weight is 410 g/mol. The Kier molecular flexibility index (Phi) is 5.79. The first-order valence-electron chi connectivity index (χ1n) is 10.2. The third-order valence-electron chi connectivity index (χ3n) is 6.02. The van der Waals surface area contributed by atoms with E-state index in [0.29, 0.717) is 34.7 Å². The summed E-state index contributed by atoms with van der Waals surface area (Å²) >= 11 is 0. The maximum Gasteiger partial charge on any atom is 0.268 e. The molecular weight excluding hydrogens is 384 g/mol.